The van der Waals surface area contributed by atoms with Crippen molar-refractivity contribution in [2.24, 2.45) is 0 Å². The fraction of sp³-hybridized carbons (Fsp3) is 0.704. The first-order chi connectivity index (χ1) is 14.2. The van der Waals surface area contributed by atoms with Gasteiger partial charge in [-0.2, -0.15) is 0 Å². The van der Waals surface area contributed by atoms with E-state index in [1.54, 1.807) is 18.9 Å². The van der Waals surface area contributed by atoms with E-state index < -0.39 is 26.7 Å². The molecule has 1 aromatic rings. The van der Waals surface area contributed by atoms with Gasteiger partial charge in [0.1, 0.15) is 0 Å². The zero-order valence-electron chi connectivity index (χ0n) is 21.2. The Hall–Kier alpha value is -0.0644. The number of hydrogen-bond donors (Lipinski definition) is 0. The molecule has 0 bridgehead atoms. The van der Waals surface area contributed by atoms with Gasteiger partial charge in [-0.3, -0.25) is 0 Å². The van der Waals surface area contributed by atoms with Crippen LogP contribution in [0.25, 0.3) is 0 Å². The Labute approximate surface area is 194 Å². The first-order valence-corrected chi connectivity index (χ1v) is 24.1. The number of hydrogen-bond acceptors (Lipinski definition) is 1. The SMILES string of the molecule is CCC[CH2][Sn]([CH2]/C=C(\C)CC(O[Si](C)(C)C)c1ccccc1)([CH2]CCC)[CH2]CCC. The van der Waals surface area contributed by atoms with Gasteiger partial charge in [0, 0.05) is 0 Å². The van der Waals surface area contributed by atoms with Gasteiger partial charge in [-0.15, -0.1) is 0 Å². The second kappa shape index (κ2) is 14.9. The summed E-state index contributed by atoms with van der Waals surface area (Å²) in [5.74, 6) is 0. The van der Waals surface area contributed by atoms with E-state index in [1.165, 1.54) is 48.5 Å². The Bertz CT molecular complexity index is 569. The molecule has 1 unspecified atom stereocenters. The molecule has 0 saturated carbocycles. The normalized spacial score (nSPS) is 14.2. The maximum absolute atomic E-state index is 6.64. The molecule has 0 aromatic heterocycles. The summed E-state index contributed by atoms with van der Waals surface area (Å²) < 4.78 is 12.9. The molecule has 0 heterocycles. The first kappa shape index (κ1) is 28.0. The topological polar surface area (TPSA) is 9.23 Å². The summed E-state index contributed by atoms with van der Waals surface area (Å²) in [5, 5.41) is 0. The second-order valence-electron chi connectivity index (χ2n) is 10.4. The van der Waals surface area contributed by atoms with E-state index in [-0.39, 0.29) is 6.10 Å². The van der Waals surface area contributed by atoms with Gasteiger partial charge in [0.05, 0.1) is 0 Å². The van der Waals surface area contributed by atoms with Crippen LogP contribution in [-0.4, -0.2) is 26.7 Å². The van der Waals surface area contributed by atoms with E-state index >= 15 is 0 Å². The van der Waals surface area contributed by atoms with Gasteiger partial charge in [-0.05, 0) is 0 Å². The van der Waals surface area contributed by atoms with Crippen LogP contribution in [0.15, 0.2) is 42.0 Å². The minimum absolute atomic E-state index is 0.209. The van der Waals surface area contributed by atoms with Crippen LogP contribution in [0.2, 0.25) is 37.4 Å². The van der Waals surface area contributed by atoms with E-state index in [0.29, 0.717) is 0 Å². The quantitative estimate of drug-likeness (QED) is 0.151. The minimum atomic E-state index is -2.08. The summed E-state index contributed by atoms with van der Waals surface area (Å²) in [4.78, 5) is 0. The number of benzene rings is 1. The molecule has 1 aromatic carbocycles. The van der Waals surface area contributed by atoms with Gasteiger partial charge in [0.2, 0.25) is 0 Å². The Kier molecular flexibility index (Phi) is 13.9. The van der Waals surface area contributed by atoms with Gasteiger partial charge in [-0.1, -0.05) is 0 Å². The summed E-state index contributed by atoms with van der Waals surface area (Å²) >= 11 is -2.08. The molecule has 1 rings (SSSR count). The molecule has 0 saturated heterocycles. The number of rotatable bonds is 16. The molecule has 1 nitrogen and oxygen atoms in total. The van der Waals surface area contributed by atoms with E-state index in [9.17, 15) is 0 Å². The van der Waals surface area contributed by atoms with Crippen molar-refractivity contribution in [1.29, 1.82) is 0 Å². The second-order valence-corrected chi connectivity index (χ2v) is 28.9. The molecule has 30 heavy (non-hydrogen) atoms. The van der Waals surface area contributed by atoms with Crippen LogP contribution in [-0.2, 0) is 4.43 Å². The number of unbranched alkanes of at least 4 members (excludes halogenated alkanes) is 3. The average Bonchev–Trinajstić information content (AvgIpc) is 2.72. The van der Waals surface area contributed by atoms with Crippen LogP contribution in [0.5, 0.6) is 0 Å². The third-order valence-electron chi connectivity index (χ3n) is 6.24. The predicted molar refractivity (Wildman–Crippen MR) is 142 cm³/mol. The molecule has 0 radical (unpaired) electrons. The fourth-order valence-corrected chi connectivity index (χ4v) is 21.1. The molecule has 3 heteroatoms. The summed E-state index contributed by atoms with van der Waals surface area (Å²) in [7, 11) is -1.60. The van der Waals surface area contributed by atoms with Crippen molar-refractivity contribution in [3.05, 3.63) is 47.5 Å². The third-order valence-corrected chi connectivity index (χ3v) is 22.4. The molecule has 0 aliphatic heterocycles. The Balaban J connectivity index is 2.98. The van der Waals surface area contributed by atoms with Gasteiger partial charge in [0.25, 0.3) is 0 Å². The van der Waals surface area contributed by atoms with Crippen molar-refractivity contribution in [3.8, 4) is 0 Å². The van der Waals surface area contributed by atoms with Crippen molar-refractivity contribution in [3.63, 3.8) is 0 Å². The summed E-state index contributed by atoms with van der Waals surface area (Å²) in [5.41, 5.74) is 2.89. The molecule has 1 atom stereocenters. The molecule has 0 spiro atoms. The molecule has 172 valence electrons. The molecule has 0 fully saturated rings. The van der Waals surface area contributed by atoms with Crippen LogP contribution >= 0.6 is 0 Å². The third kappa shape index (κ3) is 11.5. The van der Waals surface area contributed by atoms with Crippen molar-refractivity contribution in [1.82, 2.24) is 0 Å². The Morgan fingerprint density at radius 2 is 1.40 bits per heavy atom. The monoisotopic (exact) mass is 538 g/mol. The molecule has 0 amide bonds. The van der Waals surface area contributed by atoms with Gasteiger partial charge in [-0.25, -0.2) is 0 Å². The van der Waals surface area contributed by atoms with Gasteiger partial charge < -0.3 is 0 Å². The zero-order chi connectivity index (χ0) is 22.5. The van der Waals surface area contributed by atoms with E-state index in [2.05, 4.69) is 83.7 Å². The Morgan fingerprint density at radius 1 is 0.900 bits per heavy atom. The summed E-state index contributed by atoms with van der Waals surface area (Å²) in [6, 6.07) is 10.9. The number of allylic oxidation sites excluding steroid dienone is 1. The van der Waals surface area contributed by atoms with E-state index in [4.69, 9.17) is 4.43 Å². The van der Waals surface area contributed by atoms with Gasteiger partial charge in [0.15, 0.2) is 0 Å². The maximum atomic E-state index is 6.64. The van der Waals surface area contributed by atoms with E-state index in [0.717, 1.165) is 6.42 Å². The van der Waals surface area contributed by atoms with Crippen LogP contribution in [0.3, 0.4) is 0 Å². The average molecular weight is 537 g/mol. The molecular formula is C27H50OSiSn. The summed E-state index contributed by atoms with van der Waals surface area (Å²) in [6.07, 6.45) is 12.4. The van der Waals surface area contributed by atoms with Crippen LogP contribution in [0.1, 0.15) is 84.3 Å². The summed E-state index contributed by atoms with van der Waals surface area (Å²) in [6.45, 7) is 16.4. The first-order valence-electron chi connectivity index (χ1n) is 12.6. The van der Waals surface area contributed by atoms with Crippen molar-refractivity contribution < 1.29 is 4.43 Å². The zero-order valence-corrected chi connectivity index (χ0v) is 25.1. The van der Waals surface area contributed by atoms with Crippen molar-refractivity contribution in [2.75, 3.05) is 0 Å². The van der Waals surface area contributed by atoms with Crippen molar-refractivity contribution in [2.45, 2.75) is 116 Å². The van der Waals surface area contributed by atoms with Crippen molar-refractivity contribution >= 4 is 26.7 Å². The molecular weight excluding hydrogens is 487 g/mol. The van der Waals surface area contributed by atoms with Crippen LogP contribution in [0.4, 0.5) is 0 Å². The molecule has 0 aliphatic carbocycles. The fourth-order valence-electron chi connectivity index (χ4n) is 4.43. The van der Waals surface area contributed by atoms with E-state index in [1.807, 2.05) is 0 Å². The standard InChI is InChI=1S/C15H23OSi.3C4H9.Sn/c1-6-13(2)12-15(16-17(3,4)5)14-10-8-7-9-11-14;3*1-3-4-2;/h6-11,15H,1,12H2,2-5H3;3*1,3-4H2,2H3;/b13-6+;;;;. The predicted octanol–water partition coefficient (Wildman–Crippen LogP) is 9.76. The molecule has 0 aliphatic rings. The molecule has 0 N–H and O–H groups in total. The Morgan fingerprint density at radius 3 is 1.83 bits per heavy atom. The van der Waals surface area contributed by atoms with Crippen LogP contribution in [0, 0.1) is 0 Å². The van der Waals surface area contributed by atoms with Crippen LogP contribution < -0.4 is 0 Å². The van der Waals surface area contributed by atoms with Gasteiger partial charge >= 0.3 is 195 Å².